The number of anilines is 1. The number of hydrogen-bond donors (Lipinski definition) is 2. The molecule has 0 radical (unpaired) electrons. The summed E-state index contributed by atoms with van der Waals surface area (Å²) in [7, 11) is 1.28. The number of esters is 2. The summed E-state index contributed by atoms with van der Waals surface area (Å²) in [6, 6.07) is 17.5. The van der Waals surface area contributed by atoms with Crippen LogP contribution in [0.2, 0.25) is 0 Å². The number of oxime groups is 1. The summed E-state index contributed by atoms with van der Waals surface area (Å²) in [6.07, 6.45) is -0.779. The zero-order valence-electron chi connectivity index (χ0n) is 25.6. The van der Waals surface area contributed by atoms with Crippen LogP contribution in [0, 0.1) is 5.41 Å². The van der Waals surface area contributed by atoms with Crippen LogP contribution >= 0.6 is 23.1 Å². The number of amides is 2. The van der Waals surface area contributed by atoms with Crippen molar-refractivity contribution >= 4 is 57.7 Å². The largest absolute Gasteiger partial charge is 0.461 e. The molecule has 0 aliphatic carbocycles. The first kappa shape index (κ1) is 32.7. The minimum Gasteiger partial charge on any atom is -0.461 e. The highest BCUT2D eigenvalue weighted by molar-refractivity contribution is 8.00. The van der Waals surface area contributed by atoms with Gasteiger partial charge in [0, 0.05) is 16.7 Å². The number of hydrogen-bond acceptors (Lipinski definition) is 12. The van der Waals surface area contributed by atoms with E-state index in [4.69, 9.17) is 20.0 Å². The molecule has 12 nitrogen and oxygen atoms in total. The monoisotopic (exact) mass is 663 g/mol. The van der Waals surface area contributed by atoms with Gasteiger partial charge < -0.3 is 25.4 Å². The minimum atomic E-state index is -0.990. The molecule has 0 spiro atoms. The summed E-state index contributed by atoms with van der Waals surface area (Å²) < 4.78 is 11.7. The number of nitrogens with one attached hydrogen (secondary N) is 1. The Morgan fingerprint density at radius 3 is 2.26 bits per heavy atom. The summed E-state index contributed by atoms with van der Waals surface area (Å²) in [5.41, 5.74) is 6.87. The molecular weight excluding hydrogens is 631 g/mol. The Balaban J connectivity index is 1.44. The summed E-state index contributed by atoms with van der Waals surface area (Å²) >= 11 is 2.44. The van der Waals surface area contributed by atoms with Gasteiger partial charge in [-0.2, -0.15) is 0 Å². The van der Waals surface area contributed by atoms with Gasteiger partial charge in [0.05, 0.1) is 5.41 Å². The lowest BCUT2D eigenvalue weighted by atomic mass is 9.97. The van der Waals surface area contributed by atoms with Crippen LogP contribution in [-0.2, 0) is 33.5 Å². The first-order chi connectivity index (χ1) is 22.0. The van der Waals surface area contributed by atoms with E-state index in [0.717, 1.165) is 22.5 Å². The number of carbonyl (C=O) groups is 4. The van der Waals surface area contributed by atoms with E-state index in [1.807, 2.05) is 60.7 Å². The van der Waals surface area contributed by atoms with Crippen LogP contribution in [-0.4, -0.2) is 70.2 Å². The van der Waals surface area contributed by atoms with Crippen molar-refractivity contribution in [3.63, 3.8) is 0 Å². The number of carbonyl (C=O) groups excluding carboxylic acids is 4. The van der Waals surface area contributed by atoms with Crippen molar-refractivity contribution in [2.75, 3.05) is 25.2 Å². The quantitative estimate of drug-likeness (QED) is 0.142. The zero-order chi connectivity index (χ0) is 33.0. The van der Waals surface area contributed by atoms with E-state index in [-0.39, 0.29) is 34.6 Å². The molecule has 2 amide bonds. The molecule has 0 saturated carbocycles. The molecule has 3 heterocycles. The smallest absolute Gasteiger partial charge is 0.356 e. The number of nitrogens with two attached hydrogens (primary N) is 1. The molecule has 1 unspecified atom stereocenters. The van der Waals surface area contributed by atoms with E-state index in [9.17, 15) is 19.2 Å². The third-order valence-corrected chi connectivity index (χ3v) is 9.12. The molecule has 3 N–H and O–H groups in total. The van der Waals surface area contributed by atoms with Crippen LogP contribution < -0.4 is 11.1 Å². The number of rotatable bonds is 10. The predicted molar refractivity (Wildman–Crippen MR) is 173 cm³/mol. The van der Waals surface area contributed by atoms with Gasteiger partial charge in [0.15, 0.2) is 16.9 Å². The van der Waals surface area contributed by atoms with Crippen LogP contribution in [0.3, 0.4) is 0 Å². The van der Waals surface area contributed by atoms with Crippen LogP contribution in [0.1, 0.15) is 43.7 Å². The van der Waals surface area contributed by atoms with Gasteiger partial charge in [-0.05, 0) is 31.9 Å². The van der Waals surface area contributed by atoms with Gasteiger partial charge in [0.25, 0.3) is 11.8 Å². The van der Waals surface area contributed by atoms with E-state index in [1.165, 1.54) is 23.8 Å². The second-order valence-corrected chi connectivity index (χ2v) is 13.4. The van der Waals surface area contributed by atoms with Crippen LogP contribution in [0.4, 0.5) is 5.13 Å². The van der Waals surface area contributed by atoms with Gasteiger partial charge in [-0.3, -0.25) is 19.3 Å². The van der Waals surface area contributed by atoms with E-state index in [1.54, 1.807) is 26.2 Å². The number of β-lactam (4-membered cyclic amide) rings is 1. The Labute approximate surface area is 274 Å². The molecule has 46 heavy (non-hydrogen) atoms. The van der Waals surface area contributed by atoms with Gasteiger partial charge in [0.2, 0.25) is 0 Å². The Morgan fingerprint density at radius 2 is 1.72 bits per heavy atom. The lowest BCUT2D eigenvalue weighted by Gasteiger charge is -2.49. The maximum Gasteiger partial charge on any atom is 0.356 e. The molecule has 1 aromatic heterocycles. The fraction of sp³-hybridized carbons (Fsp3) is 0.312. The summed E-state index contributed by atoms with van der Waals surface area (Å²) in [5, 5.41) is 7.62. The molecule has 240 valence electrons. The molecule has 0 bridgehead atoms. The fourth-order valence-electron chi connectivity index (χ4n) is 4.80. The van der Waals surface area contributed by atoms with Crippen molar-refractivity contribution in [2.24, 2.45) is 10.6 Å². The van der Waals surface area contributed by atoms with Crippen LogP contribution in [0.25, 0.3) is 0 Å². The minimum absolute atomic E-state index is 0.0177. The number of aromatic nitrogens is 1. The SMILES string of the molecule is CON=C(C(=O)NC1C(=O)N2C(C(=O)OC(c3ccccc3)c3ccccc3)=C(COC(=O)C(C)(C)C)CS[C@H]12)c1csc(N)n1. The first-order valence-corrected chi connectivity index (χ1v) is 16.2. The molecule has 2 aromatic carbocycles. The van der Waals surface area contributed by atoms with Crippen molar-refractivity contribution in [1.82, 2.24) is 15.2 Å². The standard InChI is InChI=1S/C32H33N5O7S2/c1-32(2,3)30(41)43-15-20-16-45-28-23(35-26(38)22(36-42-4)21-17-46-31(33)34-21)27(39)37(28)24(20)29(40)44-25(18-11-7-5-8-12-18)19-13-9-6-10-14-19/h5-14,17,23,25,28H,15-16H2,1-4H3,(H2,33,34)(H,35,38)/t23?,28-/m1/s1. The number of nitrogen functional groups attached to an aromatic ring is 1. The van der Waals surface area contributed by atoms with Gasteiger partial charge in [-0.25, -0.2) is 9.78 Å². The molecule has 2 atom stereocenters. The third kappa shape index (κ3) is 6.92. The Hall–Kier alpha value is -4.69. The average molecular weight is 664 g/mol. The fourth-order valence-corrected chi connectivity index (χ4v) is 6.68. The van der Waals surface area contributed by atoms with E-state index in [0.29, 0.717) is 5.57 Å². The van der Waals surface area contributed by atoms with Gasteiger partial charge >= 0.3 is 11.9 Å². The van der Waals surface area contributed by atoms with Crippen molar-refractivity contribution < 1.29 is 33.5 Å². The third-order valence-electron chi connectivity index (χ3n) is 7.11. The van der Waals surface area contributed by atoms with E-state index >= 15 is 0 Å². The molecular formula is C32H33N5O7S2. The second kappa shape index (κ2) is 13.7. The average Bonchev–Trinajstić information content (AvgIpc) is 3.48. The number of fused-ring (bicyclic) bond motifs is 1. The number of thiazole rings is 1. The Morgan fingerprint density at radius 1 is 1.09 bits per heavy atom. The van der Waals surface area contributed by atoms with Gasteiger partial charge in [-0.1, -0.05) is 65.8 Å². The topological polar surface area (TPSA) is 163 Å². The zero-order valence-corrected chi connectivity index (χ0v) is 27.2. The number of thioether (sulfide) groups is 1. The highest BCUT2D eigenvalue weighted by Crippen LogP contribution is 2.42. The van der Waals surface area contributed by atoms with E-state index in [2.05, 4.69) is 15.5 Å². The molecule has 1 fully saturated rings. The van der Waals surface area contributed by atoms with Crippen molar-refractivity contribution in [3.05, 3.63) is 94.1 Å². The number of ether oxygens (including phenoxy) is 2. The maximum atomic E-state index is 14.1. The van der Waals surface area contributed by atoms with Gasteiger partial charge in [0.1, 0.15) is 36.5 Å². The Kier molecular flexibility index (Phi) is 9.77. The normalized spacial score (nSPS) is 18.1. The van der Waals surface area contributed by atoms with Crippen LogP contribution in [0.5, 0.6) is 0 Å². The lowest BCUT2D eigenvalue weighted by Crippen LogP contribution is -2.71. The highest BCUT2D eigenvalue weighted by atomic mass is 32.2. The second-order valence-electron chi connectivity index (χ2n) is 11.4. The molecule has 1 saturated heterocycles. The molecule has 3 aromatic rings. The molecule has 2 aliphatic heterocycles. The van der Waals surface area contributed by atoms with E-state index < -0.39 is 46.7 Å². The van der Waals surface area contributed by atoms with Gasteiger partial charge in [-0.15, -0.1) is 23.1 Å². The van der Waals surface area contributed by atoms with Crippen LogP contribution in [0.15, 0.2) is 82.5 Å². The van der Waals surface area contributed by atoms with Crippen molar-refractivity contribution in [1.29, 1.82) is 0 Å². The van der Waals surface area contributed by atoms with Crippen molar-refractivity contribution in [3.8, 4) is 0 Å². The summed E-state index contributed by atoms with van der Waals surface area (Å²) in [4.78, 5) is 63.9. The summed E-state index contributed by atoms with van der Waals surface area (Å²) in [6.45, 7) is 4.96. The molecule has 14 heteroatoms. The Bertz CT molecular complexity index is 1650. The maximum absolute atomic E-state index is 14.1. The molecule has 5 rings (SSSR count). The summed E-state index contributed by atoms with van der Waals surface area (Å²) in [5.74, 6) is -2.22. The lowest BCUT2D eigenvalue weighted by molar-refractivity contribution is -0.155. The highest BCUT2D eigenvalue weighted by Gasteiger charge is 2.55. The molecule has 2 aliphatic rings. The first-order valence-electron chi connectivity index (χ1n) is 14.3. The number of benzene rings is 2. The predicted octanol–water partition coefficient (Wildman–Crippen LogP) is 3.65. The van der Waals surface area contributed by atoms with Crippen molar-refractivity contribution in [2.45, 2.75) is 38.3 Å². The number of nitrogens with zero attached hydrogens (tertiary/aromatic N) is 3.